The fraction of sp³-hybridized carbons (Fsp3) is 0.533. The Labute approximate surface area is 131 Å². The molecule has 3 N–H and O–H groups in total. The molecule has 1 fully saturated rings. The van der Waals surface area contributed by atoms with E-state index >= 15 is 0 Å². The molecule has 0 aromatic heterocycles. The first-order valence-corrected chi connectivity index (χ1v) is 9.01. The molecule has 6 nitrogen and oxygen atoms in total. The predicted molar refractivity (Wildman–Crippen MR) is 83.3 cm³/mol. The number of rotatable bonds is 7. The number of carbonyl (C=O) groups is 1. The zero-order valence-corrected chi connectivity index (χ0v) is 13.2. The van der Waals surface area contributed by atoms with Crippen molar-refractivity contribution in [3.63, 3.8) is 0 Å². The van der Waals surface area contributed by atoms with Crippen LogP contribution in [0.1, 0.15) is 24.8 Å². The molecule has 1 heterocycles. The number of amides is 1. The summed E-state index contributed by atoms with van der Waals surface area (Å²) in [4.78, 5) is 11.3. The van der Waals surface area contributed by atoms with Crippen molar-refractivity contribution in [3.8, 4) is 0 Å². The fourth-order valence-corrected chi connectivity index (χ4v) is 4.16. The molecule has 2 rings (SSSR count). The summed E-state index contributed by atoms with van der Waals surface area (Å²) in [5.74, 6) is -0.530. The van der Waals surface area contributed by atoms with Crippen LogP contribution in [0.2, 0.25) is 0 Å². The lowest BCUT2D eigenvalue weighted by Gasteiger charge is -2.30. The highest BCUT2D eigenvalue weighted by atomic mass is 32.2. The van der Waals surface area contributed by atoms with Crippen LogP contribution in [-0.2, 0) is 25.3 Å². The van der Waals surface area contributed by atoms with Gasteiger partial charge in [-0.2, -0.15) is 0 Å². The van der Waals surface area contributed by atoms with Crippen LogP contribution in [0, 0.1) is 5.92 Å². The number of primary amides is 1. The fourth-order valence-electron chi connectivity index (χ4n) is 2.71. The number of nitrogens with one attached hydrogen (secondary N) is 1. The molecular weight excluding hydrogens is 304 g/mol. The third-order valence-corrected chi connectivity index (χ3v) is 5.16. The highest BCUT2D eigenvalue weighted by molar-refractivity contribution is 7.88. The first kappa shape index (κ1) is 16.9. The minimum absolute atomic E-state index is 0.0126. The zero-order valence-electron chi connectivity index (χ0n) is 12.4. The van der Waals surface area contributed by atoms with Gasteiger partial charge in [-0.25, -0.2) is 13.1 Å². The van der Waals surface area contributed by atoms with E-state index in [-0.39, 0.29) is 18.1 Å². The standard InChI is InChI=1S/C15H22N2O4S/c16-15(18)10-14(13-6-8-21-9-7-13)17-22(19,20)11-12-4-2-1-3-5-12/h1-5,13-14,17H,6-11H2,(H2,16,18)/t14-/m1/s1. The number of hydrogen-bond donors (Lipinski definition) is 2. The zero-order chi connectivity index (χ0) is 16.0. The third-order valence-electron chi connectivity index (χ3n) is 3.79. The van der Waals surface area contributed by atoms with Gasteiger partial charge in [-0.15, -0.1) is 0 Å². The second-order valence-electron chi connectivity index (χ2n) is 5.59. The summed E-state index contributed by atoms with van der Waals surface area (Å²) < 4.78 is 32.6. The molecule has 1 saturated heterocycles. The minimum Gasteiger partial charge on any atom is -0.381 e. The highest BCUT2D eigenvalue weighted by Gasteiger charge is 2.29. The Balaban J connectivity index is 2.05. The molecule has 0 saturated carbocycles. The number of sulfonamides is 1. The van der Waals surface area contributed by atoms with Crippen LogP contribution in [0.4, 0.5) is 0 Å². The van der Waals surface area contributed by atoms with Gasteiger partial charge in [0.2, 0.25) is 15.9 Å². The quantitative estimate of drug-likeness (QED) is 0.773. The van der Waals surface area contributed by atoms with Gasteiger partial charge in [0, 0.05) is 25.7 Å². The molecule has 1 aromatic carbocycles. The topological polar surface area (TPSA) is 98.5 Å². The summed E-state index contributed by atoms with van der Waals surface area (Å²) in [7, 11) is -3.53. The second kappa shape index (κ2) is 7.71. The van der Waals surface area contributed by atoms with E-state index in [9.17, 15) is 13.2 Å². The van der Waals surface area contributed by atoms with Crippen LogP contribution >= 0.6 is 0 Å². The minimum atomic E-state index is -3.53. The Bertz CT molecular complexity index is 583. The summed E-state index contributed by atoms with van der Waals surface area (Å²) in [6.07, 6.45) is 1.47. The number of ether oxygens (including phenoxy) is 1. The van der Waals surface area contributed by atoms with Crippen molar-refractivity contribution in [1.29, 1.82) is 0 Å². The summed E-state index contributed by atoms with van der Waals surface area (Å²) in [5, 5.41) is 0. The summed E-state index contributed by atoms with van der Waals surface area (Å²) in [6, 6.07) is 8.49. The van der Waals surface area contributed by atoms with Gasteiger partial charge < -0.3 is 10.5 Å². The molecule has 0 spiro atoms. The molecule has 0 unspecified atom stereocenters. The SMILES string of the molecule is NC(=O)C[C@@H](NS(=O)(=O)Cc1ccccc1)C1CCOCC1. The Kier molecular flexibility index (Phi) is 5.93. The smallest absolute Gasteiger partial charge is 0.219 e. The summed E-state index contributed by atoms with van der Waals surface area (Å²) in [6.45, 7) is 1.17. The van der Waals surface area contributed by atoms with E-state index in [0.29, 0.717) is 18.8 Å². The van der Waals surface area contributed by atoms with Crippen molar-refractivity contribution < 1.29 is 17.9 Å². The number of benzene rings is 1. The number of nitrogens with two attached hydrogens (primary N) is 1. The molecular formula is C15H22N2O4S. The number of carbonyl (C=O) groups excluding carboxylic acids is 1. The van der Waals surface area contributed by atoms with Crippen molar-refractivity contribution in [2.24, 2.45) is 11.7 Å². The Morgan fingerprint density at radius 2 is 1.91 bits per heavy atom. The molecule has 1 amide bonds. The number of hydrogen-bond acceptors (Lipinski definition) is 4. The van der Waals surface area contributed by atoms with Crippen molar-refractivity contribution in [1.82, 2.24) is 4.72 Å². The molecule has 1 atom stereocenters. The normalized spacial score (nSPS) is 18.0. The van der Waals surface area contributed by atoms with E-state index in [1.807, 2.05) is 6.07 Å². The lowest BCUT2D eigenvalue weighted by molar-refractivity contribution is -0.118. The maximum atomic E-state index is 12.3. The van der Waals surface area contributed by atoms with E-state index < -0.39 is 22.0 Å². The van der Waals surface area contributed by atoms with E-state index in [1.54, 1.807) is 24.3 Å². The van der Waals surface area contributed by atoms with Gasteiger partial charge in [-0.1, -0.05) is 30.3 Å². The third kappa shape index (κ3) is 5.40. The molecule has 122 valence electrons. The van der Waals surface area contributed by atoms with E-state index in [0.717, 1.165) is 12.8 Å². The lowest BCUT2D eigenvalue weighted by Crippen LogP contribution is -2.44. The van der Waals surface area contributed by atoms with E-state index in [2.05, 4.69) is 4.72 Å². The molecule has 22 heavy (non-hydrogen) atoms. The predicted octanol–water partition coefficient (Wildman–Crippen LogP) is 0.777. The first-order valence-electron chi connectivity index (χ1n) is 7.36. The van der Waals surface area contributed by atoms with Crippen molar-refractivity contribution in [2.45, 2.75) is 31.1 Å². The maximum Gasteiger partial charge on any atom is 0.219 e. The molecule has 0 aliphatic carbocycles. The molecule has 0 radical (unpaired) electrons. The van der Waals surface area contributed by atoms with Crippen LogP contribution in [0.25, 0.3) is 0 Å². The Morgan fingerprint density at radius 1 is 1.27 bits per heavy atom. The van der Waals surface area contributed by atoms with Crippen molar-refractivity contribution in [2.75, 3.05) is 13.2 Å². The van der Waals surface area contributed by atoms with Crippen LogP contribution in [0.3, 0.4) is 0 Å². The molecule has 1 aliphatic rings. The molecule has 7 heteroatoms. The molecule has 1 aliphatic heterocycles. The van der Waals surface area contributed by atoms with Crippen LogP contribution in [-0.4, -0.2) is 33.6 Å². The highest BCUT2D eigenvalue weighted by Crippen LogP contribution is 2.22. The summed E-state index contributed by atoms with van der Waals surface area (Å²) >= 11 is 0. The van der Waals surface area contributed by atoms with Crippen molar-refractivity contribution >= 4 is 15.9 Å². The Morgan fingerprint density at radius 3 is 2.50 bits per heavy atom. The van der Waals surface area contributed by atoms with E-state index in [1.165, 1.54) is 0 Å². The molecule has 0 bridgehead atoms. The van der Waals surface area contributed by atoms with Gasteiger partial charge in [-0.3, -0.25) is 4.79 Å². The van der Waals surface area contributed by atoms with Gasteiger partial charge in [0.25, 0.3) is 0 Å². The van der Waals surface area contributed by atoms with Gasteiger partial charge in [0.05, 0.1) is 5.75 Å². The summed E-state index contributed by atoms with van der Waals surface area (Å²) in [5.41, 5.74) is 5.97. The lowest BCUT2D eigenvalue weighted by atomic mass is 9.90. The average Bonchev–Trinajstić information content (AvgIpc) is 2.47. The average molecular weight is 326 g/mol. The van der Waals surface area contributed by atoms with E-state index in [4.69, 9.17) is 10.5 Å². The monoisotopic (exact) mass is 326 g/mol. The van der Waals surface area contributed by atoms with Crippen LogP contribution < -0.4 is 10.5 Å². The van der Waals surface area contributed by atoms with Crippen LogP contribution in [0.5, 0.6) is 0 Å². The first-order chi connectivity index (χ1) is 10.5. The van der Waals surface area contributed by atoms with Gasteiger partial charge >= 0.3 is 0 Å². The van der Waals surface area contributed by atoms with Gasteiger partial charge in [0.1, 0.15) is 0 Å². The Hall–Kier alpha value is -1.44. The van der Waals surface area contributed by atoms with Crippen LogP contribution in [0.15, 0.2) is 30.3 Å². The second-order valence-corrected chi connectivity index (χ2v) is 7.34. The van der Waals surface area contributed by atoms with Gasteiger partial charge in [-0.05, 0) is 24.3 Å². The largest absolute Gasteiger partial charge is 0.381 e. The maximum absolute atomic E-state index is 12.3. The molecule has 1 aromatic rings. The van der Waals surface area contributed by atoms with Crippen molar-refractivity contribution in [3.05, 3.63) is 35.9 Å². The van der Waals surface area contributed by atoms with Gasteiger partial charge in [0.15, 0.2) is 0 Å².